The fourth-order valence-electron chi connectivity index (χ4n) is 1.80. The highest BCUT2D eigenvalue weighted by Crippen LogP contribution is 2.35. The van der Waals surface area contributed by atoms with E-state index < -0.39 is 5.97 Å². The van der Waals surface area contributed by atoms with E-state index >= 15 is 0 Å². The molecule has 0 aliphatic heterocycles. The number of carboxylic acid groups (broad SMARTS) is 1. The van der Waals surface area contributed by atoms with Gasteiger partial charge in [-0.3, -0.25) is 4.79 Å². The molecule has 0 aliphatic rings. The molecule has 3 nitrogen and oxygen atoms in total. The van der Waals surface area contributed by atoms with Crippen LogP contribution in [0.5, 0.6) is 0 Å². The van der Waals surface area contributed by atoms with Gasteiger partial charge in [-0.2, -0.15) is 3.89 Å². The number of hydrogen-bond acceptors (Lipinski definition) is 3. The summed E-state index contributed by atoms with van der Waals surface area (Å²) < 4.78 is 12.6. The maximum absolute atomic E-state index is 12.6. The van der Waals surface area contributed by atoms with Crippen LogP contribution in [0.25, 0.3) is 0 Å². The molecule has 0 atom stereocenters. The van der Waals surface area contributed by atoms with Gasteiger partial charge in [0, 0.05) is 10.6 Å². The van der Waals surface area contributed by atoms with Crippen molar-refractivity contribution in [2.75, 3.05) is 5.32 Å². The third-order valence-corrected chi connectivity index (χ3v) is 3.79. The minimum atomic E-state index is -1.01. The van der Waals surface area contributed by atoms with Crippen LogP contribution < -0.4 is 5.32 Å². The summed E-state index contributed by atoms with van der Waals surface area (Å²) in [7, 11) is 0. The number of hydrogen-bond donors (Lipinski definition) is 2. The molecule has 0 unspecified atom stereocenters. The van der Waals surface area contributed by atoms with Crippen LogP contribution in [0, 0.1) is 0 Å². The largest absolute Gasteiger partial charge is 0.481 e. The van der Waals surface area contributed by atoms with Gasteiger partial charge in [0.05, 0.1) is 34.3 Å². The molecule has 0 saturated carbocycles. The van der Waals surface area contributed by atoms with Crippen molar-refractivity contribution in [3.8, 4) is 0 Å². The smallest absolute Gasteiger partial charge is 0.307 e. The first kappa shape index (κ1) is 15.9. The Bertz CT molecular complexity index is 662. The molecule has 110 valence electrons. The third-order valence-electron chi connectivity index (χ3n) is 2.73. The monoisotopic (exact) mass is 345 g/mol. The average Bonchev–Trinajstić information content (AvgIpc) is 2.43. The molecule has 0 spiro atoms. The van der Waals surface area contributed by atoms with E-state index in [1.54, 1.807) is 30.3 Å². The Labute approximate surface area is 135 Å². The maximum Gasteiger partial charge on any atom is 0.307 e. The zero-order chi connectivity index (χ0) is 15.4. The molecule has 0 aromatic heterocycles. The highest BCUT2D eigenvalue weighted by molar-refractivity contribution is 7.94. The molecule has 0 radical (unpaired) electrons. The first-order valence-electron chi connectivity index (χ1n) is 5.85. The molecule has 2 rings (SSSR count). The van der Waals surface area contributed by atoms with Crippen LogP contribution in [0.15, 0.2) is 41.3 Å². The van der Waals surface area contributed by atoms with Crippen molar-refractivity contribution in [2.45, 2.75) is 11.3 Å². The standard InChI is InChI=1S/C14H10Cl2FNO2S/c15-10-2-1-3-11(16)14(10)18-12-5-4-9(21-17)6-8(12)7-13(19)20/h1-6,18H,7H2,(H,19,20). The Balaban J connectivity index is 2.41. The second-order valence-electron chi connectivity index (χ2n) is 4.19. The Morgan fingerprint density at radius 3 is 2.48 bits per heavy atom. The van der Waals surface area contributed by atoms with Crippen molar-refractivity contribution in [1.82, 2.24) is 0 Å². The summed E-state index contributed by atoms with van der Waals surface area (Å²) >= 11 is 12.2. The van der Waals surface area contributed by atoms with E-state index in [9.17, 15) is 8.68 Å². The second kappa shape index (κ2) is 7.02. The van der Waals surface area contributed by atoms with Gasteiger partial charge >= 0.3 is 5.97 Å². The zero-order valence-electron chi connectivity index (χ0n) is 10.6. The Kier molecular flexibility index (Phi) is 5.33. The number of anilines is 2. The predicted molar refractivity (Wildman–Crippen MR) is 84.5 cm³/mol. The zero-order valence-corrected chi connectivity index (χ0v) is 12.9. The van der Waals surface area contributed by atoms with Crippen molar-refractivity contribution in [1.29, 1.82) is 0 Å². The van der Waals surface area contributed by atoms with E-state index in [1.807, 2.05) is 0 Å². The van der Waals surface area contributed by atoms with Crippen LogP contribution in [0.1, 0.15) is 5.56 Å². The summed E-state index contributed by atoms with van der Waals surface area (Å²) in [6, 6.07) is 9.66. The first-order chi connectivity index (χ1) is 10.0. The van der Waals surface area contributed by atoms with Crippen LogP contribution in [0.4, 0.5) is 15.3 Å². The van der Waals surface area contributed by atoms with E-state index in [4.69, 9.17) is 28.3 Å². The molecular formula is C14H10Cl2FNO2S. The topological polar surface area (TPSA) is 49.3 Å². The molecule has 0 heterocycles. The highest BCUT2D eigenvalue weighted by atomic mass is 35.5. The highest BCUT2D eigenvalue weighted by Gasteiger charge is 2.12. The van der Waals surface area contributed by atoms with Crippen molar-refractivity contribution in [3.05, 3.63) is 52.0 Å². The summed E-state index contributed by atoms with van der Waals surface area (Å²) in [6.07, 6.45) is -0.237. The Hall–Kier alpha value is -1.43. The van der Waals surface area contributed by atoms with Crippen molar-refractivity contribution >= 4 is 52.7 Å². The lowest BCUT2D eigenvalue weighted by atomic mass is 10.1. The average molecular weight is 346 g/mol. The summed E-state index contributed by atoms with van der Waals surface area (Å²) in [5, 5.41) is 12.8. The van der Waals surface area contributed by atoms with E-state index in [2.05, 4.69) is 5.32 Å². The van der Waals surface area contributed by atoms with Gasteiger partial charge in [0.2, 0.25) is 0 Å². The minimum Gasteiger partial charge on any atom is -0.481 e. The van der Waals surface area contributed by atoms with E-state index in [-0.39, 0.29) is 18.6 Å². The lowest BCUT2D eigenvalue weighted by molar-refractivity contribution is -0.136. The molecule has 21 heavy (non-hydrogen) atoms. The SMILES string of the molecule is O=C(O)Cc1cc(SF)ccc1Nc1c(Cl)cccc1Cl. The van der Waals surface area contributed by atoms with Gasteiger partial charge in [0.1, 0.15) is 0 Å². The van der Waals surface area contributed by atoms with E-state index in [0.29, 0.717) is 31.9 Å². The summed E-state index contributed by atoms with van der Waals surface area (Å²) in [4.78, 5) is 11.3. The van der Waals surface area contributed by atoms with Crippen molar-refractivity contribution in [2.24, 2.45) is 0 Å². The van der Waals surface area contributed by atoms with Crippen LogP contribution in [-0.4, -0.2) is 11.1 Å². The lowest BCUT2D eigenvalue weighted by Crippen LogP contribution is -2.04. The van der Waals surface area contributed by atoms with Gasteiger partial charge in [-0.05, 0) is 35.9 Å². The number of halogens is 3. The molecule has 0 saturated heterocycles. The number of rotatable bonds is 5. The lowest BCUT2D eigenvalue weighted by Gasteiger charge is -2.14. The minimum absolute atomic E-state index is 0.0585. The second-order valence-corrected chi connectivity index (χ2v) is 5.63. The fourth-order valence-corrected chi connectivity index (χ4v) is 2.60. The maximum atomic E-state index is 12.6. The fraction of sp³-hybridized carbons (Fsp3) is 0.0714. The molecule has 0 fully saturated rings. The van der Waals surface area contributed by atoms with Crippen molar-refractivity contribution < 1.29 is 13.8 Å². The number of aliphatic carboxylic acids is 1. The van der Waals surface area contributed by atoms with Gasteiger partial charge in [-0.25, -0.2) is 0 Å². The van der Waals surface area contributed by atoms with Gasteiger partial charge in [0.25, 0.3) is 0 Å². The molecule has 2 N–H and O–H groups in total. The van der Waals surface area contributed by atoms with Crippen LogP contribution in [0.3, 0.4) is 0 Å². The molecule has 0 amide bonds. The molecule has 0 bridgehead atoms. The number of para-hydroxylation sites is 1. The van der Waals surface area contributed by atoms with Gasteiger partial charge in [-0.15, -0.1) is 0 Å². The van der Waals surface area contributed by atoms with Gasteiger partial charge < -0.3 is 10.4 Å². The number of nitrogens with one attached hydrogen (secondary N) is 1. The summed E-state index contributed by atoms with van der Waals surface area (Å²) in [6.45, 7) is 0. The van der Waals surface area contributed by atoms with Crippen LogP contribution >= 0.6 is 35.3 Å². The van der Waals surface area contributed by atoms with Gasteiger partial charge in [0.15, 0.2) is 0 Å². The molecule has 2 aromatic rings. The molecular weight excluding hydrogens is 336 g/mol. The Morgan fingerprint density at radius 2 is 1.90 bits per heavy atom. The predicted octanol–water partition coefficient (Wildman–Crippen LogP) is 5.34. The Morgan fingerprint density at radius 1 is 1.24 bits per heavy atom. The summed E-state index contributed by atoms with van der Waals surface area (Å²) in [5.41, 5.74) is 1.44. The summed E-state index contributed by atoms with van der Waals surface area (Å²) in [5.74, 6) is -1.01. The number of carboxylic acids is 1. The van der Waals surface area contributed by atoms with Crippen LogP contribution in [-0.2, 0) is 11.2 Å². The molecule has 2 aromatic carbocycles. The normalized spacial score (nSPS) is 10.4. The van der Waals surface area contributed by atoms with Crippen LogP contribution in [0.2, 0.25) is 10.0 Å². The van der Waals surface area contributed by atoms with E-state index in [1.165, 1.54) is 6.07 Å². The van der Waals surface area contributed by atoms with E-state index in [0.717, 1.165) is 0 Å². The quantitative estimate of drug-likeness (QED) is 0.767. The number of benzene rings is 2. The third kappa shape index (κ3) is 4.03. The first-order valence-corrected chi connectivity index (χ1v) is 7.33. The molecule has 0 aliphatic carbocycles. The molecule has 7 heteroatoms. The number of carbonyl (C=O) groups is 1. The van der Waals surface area contributed by atoms with Crippen molar-refractivity contribution in [3.63, 3.8) is 0 Å². The van der Waals surface area contributed by atoms with Gasteiger partial charge in [-0.1, -0.05) is 29.3 Å².